The van der Waals surface area contributed by atoms with E-state index in [0.29, 0.717) is 5.02 Å². The molecule has 3 aromatic carbocycles. The Morgan fingerprint density at radius 2 is 1.55 bits per heavy atom. The molecule has 0 radical (unpaired) electrons. The Bertz CT molecular complexity index is 1080. The van der Waals surface area contributed by atoms with Gasteiger partial charge in [0.25, 0.3) is 0 Å². The third kappa shape index (κ3) is 6.56. The maximum Gasteiger partial charge on any atom is 0.145 e. The van der Waals surface area contributed by atoms with Crippen molar-refractivity contribution in [1.29, 1.82) is 0 Å². The number of halogens is 1. The molecular formula is C28H27ClN2. The van der Waals surface area contributed by atoms with E-state index in [1.165, 1.54) is 0 Å². The predicted molar refractivity (Wildman–Crippen MR) is 135 cm³/mol. The summed E-state index contributed by atoms with van der Waals surface area (Å²) in [5.41, 5.74) is 5.13. The average molecular weight is 427 g/mol. The largest absolute Gasteiger partial charge is 0.366 e. The molecule has 31 heavy (non-hydrogen) atoms. The normalized spacial score (nSPS) is 13.3. The van der Waals surface area contributed by atoms with Crippen LogP contribution < -0.4 is 5.32 Å². The summed E-state index contributed by atoms with van der Waals surface area (Å²) in [6, 6.07) is 26.5. The molecule has 2 nitrogen and oxygen atoms in total. The van der Waals surface area contributed by atoms with Crippen LogP contribution in [0, 0.1) is 0 Å². The lowest BCUT2D eigenvalue weighted by molar-refractivity contribution is 0.657. The van der Waals surface area contributed by atoms with Gasteiger partial charge in [0, 0.05) is 5.02 Å². The molecule has 1 N–H and O–H groups in total. The van der Waals surface area contributed by atoms with Crippen molar-refractivity contribution in [3.8, 4) is 11.1 Å². The summed E-state index contributed by atoms with van der Waals surface area (Å²) in [6.07, 6.45) is 11.6. The predicted octanol–water partition coefficient (Wildman–Crippen LogP) is 7.75. The zero-order chi connectivity index (χ0) is 21.9. The molecule has 0 aliphatic rings. The van der Waals surface area contributed by atoms with Crippen LogP contribution in [0.3, 0.4) is 0 Å². The second-order valence-corrected chi connectivity index (χ2v) is 7.41. The number of allylic oxidation sites excluding steroid dienone is 5. The Hall–Kier alpha value is -3.36. The van der Waals surface area contributed by atoms with Gasteiger partial charge in [0.1, 0.15) is 6.17 Å². The highest BCUT2D eigenvalue weighted by Crippen LogP contribution is 2.28. The SMILES string of the molecule is C/C=C\NC(\N=C(/C=C/C=C/C)c1ccccc1)c1cc(Cl)cc(-c2ccccc2)c1. The van der Waals surface area contributed by atoms with Crippen molar-refractivity contribution in [1.82, 2.24) is 5.32 Å². The van der Waals surface area contributed by atoms with Crippen molar-refractivity contribution in [2.45, 2.75) is 20.0 Å². The Morgan fingerprint density at radius 3 is 2.23 bits per heavy atom. The number of hydrogen-bond acceptors (Lipinski definition) is 2. The van der Waals surface area contributed by atoms with E-state index in [4.69, 9.17) is 16.6 Å². The lowest BCUT2D eigenvalue weighted by Crippen LogP contribution is -2.16. The first kappa shape index (κ1) is 22.3. The highest BCUT2D eigenvalue weighted by atomic mass is 35.5. The van der Waals surface area contributed by atoms with Gasteiger partial charge in [0.2, 0.25) is 0 Å². The van der Waals surface area contributed by atoms with Crippen molar-refractivity contribution in [3.63, 3.8) is 0 Å². The van der Waals surface area contributed by atoms with Crippen LogP contribution in [0.4, 0.5) is 0 Å². The molecule has 3 aromatic rings. The number of aliphatic imine (C=N–C) groups is 1. The van der Waals surface area contributed by atoms with E-state index in [-0.39, 0.29) is 6.17 Å². The van der Waals surface area contributed by atoms with Gasteiger partial charge in [-0.1, -0.05) is 96.6 Å². The van der Waals surface area contributed by atoms with Gasteiger partial charge in [0.05, 0.1) is 5.71 Å². The molecule has 0 saturated heterocycles. The molecule has 0 bridgehead atoms. The lowest BCUT2D eigenvalue weighted by Gasteiger charge is -2.17. The van der Waals surface area contributed by atoms with Crippen LogP contribution in [-0.2, 0) is 0 Å². The first-order chi connectivity index (χ1) is 15.2. The quantitative estimate of drug-likeness (QED) is 0.289. The first-order valence-electron chi connectivity index (χ1n) is 10.4. The summed E-state index contributed by atoms with van der Waals surface area (Å²) >= 11 is 6.52. The van der Waals surface area contributed by atoms with Gasteiger partial charge in [-0.2, -0.15) is 0 Å². The van der Waals surface area contributed by atoms with Crippen molar-refractivity contribution >= 4 is 17.3 Å². The molecule has 0 aliphatic carbocycles. The van der Waals surface area contributed by atoms with E-state index in [2.05, 4.69) is 35.6 Å². The smallest absolute Gasteiger partial charge is 0.145 e. The molecule has 3 heteroatoms. The molecule has 3 rings (SSSR count). The highest BCUT2D eigenvalue weighted by molar-refractivity contribution is 6.31. The van der Waals surface area contributed by atoms with E-state index in [9.17, 15) is 0 Å². The molecule has 1 unspecified atom stereocenters. The van der Waals surface area contributed by atoms with Crippen LogP contribution in [-0.4, -0.2) is 5.71 Å². The number of rotatable bonds is 8. The summed E-state index contributed by atoms with van der Waals surface area (Å²) in [5.74, 6) is 0. The highest BCUT2D eigenvalue weighted by Gasteiger charge is 2.13. The topological polar surface area (TPSA) is 24.4 Å². The average Bonchev–Trinajstić information content (AvgIpc) is 2.81. The van der Waals surface area contributed by atoms with E-state index in [0.717, 1.165) is 28.0 Å². The minimum Gasteiger partial charge on any atom is -0.366 e. The van der Waals surface area contributed by atoms with Gasteiger partial charge in [-0.3, -0.25) is 4.99 Å². The molecule has 0 heterocycles. The molecular weight excluding hydrogens is 400 g/mol. The lowest BCUT2D eigenvalue weighted by atomic mass is 10.0. The van der Waals surface area contributed by atoms with Gasteiger partial charge < -0.3 is 5.32 Å². The van der Waals surface area contributed by atoms with Crippen LogP contribution >= 0.6 is 11.6 Å². The Kier molecular flexibility index (Phi) is 8.45. The second kappa shape index (κ2) is 11.7. The number of benzene rings is 3. The minimum absolute atomic E-state index is 0.289. The number of hydrogen-bond donors (Lipinski definition) is 1. The van der Waals surface area contributed by atoms with Gasteiger partial charge in [-0.15, -0.1) is 0 Å². The fourth-order valence-electron chi connectivity index (χ4n) is 3.18. The van der Waals surface area contributed by atoms with Crippen molar-refractivity contribution in [2.75, 3.05) is 0 Å². The standard InChI is InChI=1S/C28H27ClN2/c1-3-5-8-17-27(23-15-11-7-12-16-23)31-28(30-18-4-2)25-19-24(20-26(29)21-25)22-13-9-6-10-14-22/h3-21,28,30H,1-2H3/b5-3+,17-8+,18-4-,31-27+. The van der Waals surface area contributed by atoms with Gasteiger partial charge in [-0.25, -0.2) is 0 Å². The molecule has 0 aliphatic heterocycles. The first-order valence-corrected chi connectivity index (χ1v) is 10.7. The Labute approximate surface area is 190 Å². The maximum absolute atomic E-state index is 6.52. The van der Waals surface area contributed by atoms with Gasteiger partial charge >= 0.3 is 0 Å². The monoisotopic (exact) mass is 426 g/mol. The number of nitrogens with one attached hydrogen (secondary N) is 1. The van der Waals surface area contributed by atoms with Crippen molar-refractivity contribution in [3.05, 3.63) is 132 Å². The summed E-state index contributed by atoms with van der Waals surface area (Å²) < 4.78 is 0. The third-order valence-electron chi connectivity index (χ3n) is 4.66. The van der Waals surface area contributed by atoms with E-state index in [1.54, 1.807) is 0 Å². The Balaban J connectivity index is 2.09. The van der Waals surface area contributed by atoms with Crippen LogP contribution in [0.5, 0.6) is 0 Å². The van der Waals surface area contributed by atoms with E-state index < -0.39 is 0 Å². The molecule has 0 amide bonds. The third-order valence-corrected chi connectivity index (χ3v) is 4.88. The fourth-order valence-corrected chi connectivity index (χ4v) is 3.43. The summed E-state index contributed by atoms with van der Waals surface area (Å²) in [4.78, 5) is 5.08. The van der Waals surface area contributed by atoms with Crippen LogP contribution in [0.15, 0.2) is 120 Å². The van der Waals surface area contributed by atoms with Gasteiger partial charge in [0.15, 0.2) is 0 Å². The zero-order valence-electron chi connectivity index (χ0n) is 17.9. The summed E-state index contributed by atoms with van der Waals surface area (Å²) in [7, 11) is 0. The molecule has 156 valence electrons. The van der Waals surface area contributed by atoms with Crippen molar-refractivity contribution < 1.29 is 0 Å². The zero-order valence-corrected chi connectivity index (χ0v) is 18.6. The second-order valence-electron chi connectivity index (χ2n) is 6.97. The van der Waals surface area contributed by atoms with Crippen LogP contribution in [0.1, 0.15) is 31.1 Å². The minimum atomic E-state index is -0.289. The Morgan fingerprint density at radius 1 is 0.839 bits per heavy atom. The molecule has 0 spiro atoms. The number of nitrogens with zero attached hydrogens (tertiary/aromatic N) is 1. The van der Waals surface area contributed by atoms with Gasteiger partial charge in [-0.05, 0) is 66.6 Å². The summed E-state index contributed by atoms with van der Waals surface area (Å²) in [5, 5.41) is 4.09. The molecule has 0 fully saturated rings. The molecule has 0 aromatic heterocycles. The fraction of sp³-hybridized carbons (Fsp3) is 0.107. The maximum atomic E-state index is 6.52. The van der Waals surface area contributed by atoms with Crippen molar-refractivity contribution in [2.24, 2.45) is 4.99 Å². The molecule has 1 atom stereocenters. The van der Waals surface area contributed by atoms with Crippen LogP contribution in [0.2, 0.25) is 5.02 Å². The van der Waals surface area contributed by atoms with Crippen LogP contribution in [0.25, 0.3) is 11.1 Å². The van der Waals surface area contributed by atoms with E-state index in [1.807, 2.05) is 99.0 Å². The summed E-state index contributed by atoms with van der Waals surface area (Å²) in [6.45, 7) is 3.97. The molecule has 0 saturated carbocycles. The van der Waals surface area contributed by atoms with E-state index >= 15 is 0 Å².